The van der Waals surface area contributed by atoms with Crippen molar-refractivity contribution in [3.63, 3.8) is 0 Å². The quantitative estimate of drug-likeness (QED) is 0.875. The molecule has 0 atom stereocenters. The van der Waals surface area contributed by atoms with Crippen molar-refractivity contribution in [3.05, 3.63) is 57.6 Å². The Morgan fingerprint density at radius 2 is 1.75 bits per heavy atom. The molecule has 2 aromatic carbocycles. The lowest BCUT2D eigenvalue weighted by atomic mass is 10.1. The van der Waals surface area contributed by atoms with Crippen LogP contribution in [0.3, 0.4) is 0 Å². The van der Waals surface area contributed by atoms with E-state index < -0.39 is 0 Å². The van der Waals surface area contributed by atoms with Crippen LogP contribution < -0.4 is 10.1 Å². The second kappa shape index (κ2) is 6.29. The van der Waals surface area contributed by atoms with Gasteiger partial charge in [-0.1, -0.05) is 29.8 Å². The molecule has 0 saturated carbocycles. The van der Waals surface area contributed by atoms with Crippen LogP contribution in [0, 0.1) is 20.8 Å². The maximum absolute atomic E-state index is 6.31. The Labute approximate surface area is 125 Å². The van der Waals surface area contributed by atoms with Gasteiger partial charge in [-0.05, 0) is 62.2 Å². The Kier molecular flexibility index (Phi) is 4.69. The molecule has 0 aliphatic carbocycles. The predicted molar refractivity (Wildman–Crippen MR) is 84.9 cm³/mol. The Morgan fingerprint density at radius 3 is 2.40 bits per heavy atom. The maximum Gasteiger partial charge on any atom is 0.146 e. The van der Waals surface area contributed by atoms with E-state index in [1.54, 1.807) is 0 Å². The number of halogens is 1. The van der Waals surface area contributed by atoms with E-state index in [-0.39, 0.29) is 0 Å². The summed E-state index contributed by atoms with van der Waals surface area (Å²) in [5.74, 6) is 1.59. The Bertz CT molecular complexity index is 623. The molecule has 0 unspecified atom stereocenters. The fourth-order valence-corrected chi connectivity index (χ4v) is 2.38. The summed E-state index contributed by atoms with van der Waals surface area (Å²) in [6, 6.07) is 10.1. The van der Waals surface area contributed by atoms with Crippen molar-refractivity contribution in [2.45, 2.75) is 27.3 Å². The molecule has 2 rings (SSSR count). The summed E-state index contributed by atoms with van der Waals surface area (Å²) >= 11 is 6.31. The van der Waals surface area contributed by atoms with Crippen LogP contribution in [0.15, 0.2) is 30.3 Å². The number of hydrogen-bond donors (Lipinski definition) is 1. The molecule has 0 fully saturated rings. The molecule has 0 amide bonds. The number of hydrogen-bond acceptors (Lipinski definition) is 2. The van der Waals surface area contributed by atoms with E-state index >= 15 is 0 Å². The van der Waals surface area contributed by atoms with Gasteiger partial charge in [-0.15, -0.1) is 0 Å². The standard InChI is InChI=1S/C17H20ClNO/c1-11-5-6-12(2)17(13(11)3)20-16-8-7-14(10-19-4)9-15(16)18/h5-9,19H,10H2,1-4H3. The van der Waals surface area contributed by atoms with Gasteiger partial charge in [-0.2, -0.15) is 0 Å². The van der Waals surface area contributed by atoms with Crippen molar-refractivity contribution in [2.24, 2.45) is 0 Å². The lowest BCUT2D eigenvalue weighted by Gasteiger charge is -2.15. The van der Waals surface area contributed by atoms with Gasteiger partial charge in [0.15, 0.2) is 0 Å². The van der Waals surface area contributed by atoms with Crippen LogP contribution in [0.25, 0.3) is 0 Å². The van der Waals surface area contributed by atoms with Crippen LogP contribution in [0.4, 0.5) is 0 Å². The molecule has 0 saturated heterocycles. The van der Waals surface area contributed by atoms with Gasteiger partial charge >= 0.3 is 0 Å². The fraction of sp³-hybridized carbons (Fsp3) is 0.294. The van der Waals surface area contributed by atoms with Gasteiger partial charge in [0.2, 0.25) is 0 Å². The third kappa shape index (κ3) is 3.14. The number of nitrogens with one attached hydrogen (secondary N) is 1. The first-order chi connectivity index (χ1) is 9.52. The van der Waals surface area contributed by atoms with Crippen molar-refractivity contribution < 1.29 is 4.74 Å². The van der Waals surface area contributed by atoms with Gasteiger partial charge in [0.25, 0.3) is 0 Å². The van der Waals surface area contributed by atoms with E-state index in [4.69, 9.17) is 16.3 Å². The molecular weight excluding hydrogens is 270 g/mol. The van der Waals surface area contributed by atoms with Crippen molar-refractivity contribution >= 4 is 11.6 Å². The molecule has 0 aromatic heterocycles. The molecule has 0 aliphatic heterocycles. The zero-order valence-corrected chi connectivity index (χ0v) is 13.1. The minimum atomic E-state index is 0.637. The highest BCUT2D eigenvalue weighted by Crippen LogP contribution is 2.34. The molecule has 0 radical (unpaired) electrons. The van der Waals surface area contributed by atoms with Crippen LogP contribution >= 0.6 is 11.6 Å². The number of rotatable bonds is 4. The second-order valence-electron chi connectivity index (χ2n) is 5.05. The van der Waals surface area contributed by atoms with Gasteiger partial charge in [0, 0.05) is 6.54 Å². The van der Waals surface area contributed by atoms with E-state index in [0.717, 1.165) is 29.0 Å². The average Bonchev–Trinajstić information content (AvgIpc) is 2.42. The zero-order valence-electron chi connectivity index (χ0n) is 12.4. The summed E-state index contributed by atoms with van der Waals surface area (Å²) < 4.78 is 6.03. The molecule has 1 N–H and O–H groups in total. The summed E-state index contributed by atoms with van der Waals surface area (Å²) in [4.78, 5) is 0. The summed E-state index contributed by atoms with van der Waals surface area (Å²) in [6.45, 7) is 6.99. The summed E-state index contributed by atoms with van der Waals surface area (Å²) in [7, 11) is 1.91. The Balaban J connectivity index is 2.33. The molecule has 2 nitrogen and oxygen atoms in total. The van der Waals surface area contributed by atoms with E-state index in [1.807, 2.05) is 32.2 Å². The normalized spacial score (nSPS) is 10.7. The lowest BCUT2D eigenvalue weighted by molar-refractivity contribution is 0.474. The number of benzene rings is 2. The van der Waals surface area contributed by atoms with Crippen LogP contribution in [-0.4, -0.2) is 7.05 Å². The second-order valence-corrected chi connectivity index (χ2v) is 5.46. The molecule has 3 heteroatoms. The van der Waals surface area contributed by atoms with Gasteiger partial charge in [-0.3, -0.25) is 0 Å². The first-order valence-electron chi connectivity index (χ1n) is 6.70. The van der Waals surface area contributed by atoms with Crippen molar-refractivity contribution in [1.29, 1.82) is 0 Å². The first-order valence-corrected chi connectivity index (χ1v) is 7.08. The molecule has 0 aliphatic rings. The lowest BCUT2D eigenvalue weighted by Crippen LogP contribution is -2.04. The van der Waals surface area contributed by atoms with E-state index in [9.17, 15) is 0 Å². The van der Waals surface area contributed by atoms with Crippen LogP contribution in [0.5, 0.6) is 11.5 Å². The highest BCUT2D eigenvalue weighted by atomic mass is 35.5. The number of aryl methyl sites for hydroxylation is 2. The molecule has 106 valence electrons. The summed E-state index contributed by atoms with van der Waals surface area (Å²) in [6.07, 6.45) is 0. The average molecular weight is 290 g/mol. The van der Waals surface area contributed by atoms with E-state index in [1.165, 1.54) is 5.56 Å². The Hall–Kier alpha value is -1.51. The third-order valence-electron chi connectivity index (χ3n) is 3.46. The largest absolute Gasteiger partial charge is 0.455 e. The van der Waals surface area contributed by atoms with Crippen molar-refractivity contribution in [1.82, 2.24) is 5.32 Å². The third-order valence-corrected chi connectivity index (χ3v) is 3.76. The van der Waals surface area contributed by atoms with Gasteiger partial charge in [-0.25, -0.2) is 0 Å². The van der Waals surface area contributed by atoms with Gasteiger partial charge in [0.05, 0.1) is 5.02 Å². The highest BCUT2D eigenvalue weighted by Gasteiger charge is 2.10. The molecule has 0 bridgehead atoms. The van der Waals surface area contributed by atoms with Gasteiger partial charge < -0.3 is 10.1 Å². The minimum Gasteiger partial charge on any atom is -0.455 e. The molecule has 20 heavy (non-hydrogen) atoms. The molecule has 0 heterocycles. The topological polar surface area (TPSA) is 21.3 Å². The van der Waals surface area contributed by atoms with Crippen LogP contribution in [0.1, 0.15) is 22.3 Å². The van der Waals surface area contributed by atoms with Crippen molar-refractivity contribution in [3.8, 4) is 11.5 Å². The number of ether oxygens (including phenoxy) is 1. The fourth-order valence-electron chi connectivity index (χ4n) is 2.13. The van der Waals surface area contributed by atoms with Crippen LogP contribution in [0.2, 0.25) is 5.02 Å². The molecular formula is C17H20ClNO. The van der Waals surface area contributed by atoms with Crippen molar-refractivity contribution in [2.75, 3.05) is 7.05 Å². The van der Waals surface area contributed by atoms with E-state index in [2.05, 4.69) is 31.3 Å². The highest BCUT2D eigenvalue weighted by molar-refractivity contribution is 6.32. The van der Waals surface area contributed by atoms with Gasteiger partial charge in [0.1, 0.15) is 11.5 Å². The SMILES string of the molecule is CNCc1ccc(Oc2c(C)ccc(C)c2C)c(Cl)c1. The molecule has 0 spiro atoms. The zero-order chi connectivity index (χ0) is 14.7. The Morgan fingerprint density at radius 1 is 1.05 bits per heavy atom. The minimum absolute atomic E-state index is 0.637. The van der Waals surface area contributed by atoms with Crippen LogP contribution in [-0.2, 0) is 6.54 Å². The smallest absolute Gasteiger partial charge is 0.146 e. The predicted octanol–water partition coefficient (Wildman–Crippen LogP) is 4.78. The summed E-state index contributed by atoms with van der Waals surface area (Å²) in [5, 5.41) is 3.74. The first kappa shape index (κ1) is 14.9. The summed E-state index contributed by atoms with van der Waals surface area (Å²) in [5.41, 5.74) is 4.62. The molecule has 2 aromatic rings. The monoisotopic (exact) mass is 289 g/mol. The maximum atomic E-state index is 6.31. The van der Waals surface area contributed by atoms with E-state index in [0.29, 0.717) is 10.8 Å².